The van der Waals surface area contributed by atoms with Crippen LogP contribution < -0.4 is 4.87 Å². The highest BCUT2D eigenvalue weighted by atomic mass is 32.1. The highest BCUT2D eigenvalue weighted by molar-refractivity contribution is 7.09. The zero-order chi connectivity index (χ0) is 15.2. The molecule has 0 fully saturated rings. The van der Waals surface area contributed by atoms with E-state index in [0.717, 1.165) is 25.3 Å². The van der Waals surface area contributed by atoms with Crippen molar-refractivity contribution in [3.05, 3.63) is 20.2 Å². The van der Waals surface area contributed by atoms with Crippen LogP contribution in [0.15, 0.2) is 4.79 Å². The third-order valence-corrected chi connectivity index (χ3v) is 4.36. The minimum atomic E-state index is 0.00960. The molecule has 0 spiro atoms. The molecule has 0 saturated heterocycles. The van der Waals surface area contributed by atoms with Crippen LogP contribution in [0.3, 0.4) is 0 Å². The minimum Gasteiger partial charge on any atom is -0.316 e. The summed E-state index contributed by atoms with van der Waals surface area (Å²) in [6, 6.07) is 0. The molecule has 20 heavy (non-hydrogen) atoms. The fourth-order valence-corrected chi connectivity index (χ4v) is 3.40. The highest BCUT2D eigenvalue weighted by Crippen LogP contribution is 2.26. The molecule has 0 saturated carbocycles. The lowest BCUT2D eigenvalue weighted by atomic mass is 9.91. The summed E-state index contributed by atoms with van der Waals surface area (Å²) in [7, 11) is 0. The van der Waals surface area contributed by atoms with Gasteiger partial charge in [-0.1, -0.05) is 58.8 Å². The van der Waals surface area contributed by atoms with Crippen LogP contribution in [0, 0.1) is 0 Å². The number of aromatic amines is 1. The van der Waals surface area contributed by atoms with E-state index in [2.05, 4.69) is 44.5 Å². The van der Waals surface area contributed by atoms with Gasteiger partial charge >= 0.3 is 4.87 Å². The van der Waals surface area contributed by atoms with Gasteiger partial charge in [-0.25, -0.2) is 0 Å². The number of rotatable bonds is 8. The van der Waals surface area contributed by atoms with Gasteiger partial charge in [-0.05, 0) is 25.9 Å². The van der Waals surface area contributed by atoms with Gasteiger partial charge in [-0.2, -0.15) is 0 Å². The monoisotopic (exact) mass is 298 g/mol. The molecule has 1 N–H and O–H groups in total. The van der Waals surface area contributed by atoms with E-state index in [4.69, 9.17) is 0 Å². The molecule has 0 amide bonds. The molecule has 0 aliphatic carbocycles. The predicted molar refractivity (Wildman–Crippen MR) is 88.7 cm³/mol. The maximum absolute atomic E-state index is 11.7. The first-order valence-corrected chi connectivity index (χ1v) is 8.65. The third kappa shape index (κ3) is 5.41. The van der Waals surface area contributed by atoms with Gasteiger partial charge in [0.25, 0.3) is 0 Å². The first-order chi connectivity index (χ1) is 9.38. The summed E-state index contributed by atoms with van der Waals surface area (Å²) in [6.07, 6.45) is 4.90. The number of H-pyrrole nitrogens is 1. The largest absolute Gasteiger partial charge is 0.316 e. The first-order valence-electron chi connectivity index (χ1n) is 7.83. The number of unbranched alkanes of at least 4 members (excludes halogenated alkanes) is 2. The topological polar surface area (TPSA) is 36.1 Å². The summed E-state index contributed by atoms with van der Waals surface area (Å²) >= 11 is 1.38. The van der Waals surface area contributed by atoms with Crippen molar-refractivity contribution in [1.29, 1.82) is 0 Å². The number of nitrogens with zero attached hydrogens (tertiary/aromatic N) is 1. The fourth-order valence-electron chi connectivity index (χ4n) is 2.31. The second-order valence-electron chi connectivity index (χ2n) is 6.55. The van der Waals surface area contributed by atoms with Gasteiger partial charge < -0.3 is 4.98 Å². The van der Waals surface area contributed by atoms with E-state index in [1.54, 1.807) is 0 Å². The number of nitrogens with one attached hydrogen (secondary N) is 1. The van der Waals surface area contributed by atoms with E-state index in [0.29, 0.717) is 0 Å². The van der Waals surface area contributed by atoms with E-state index in [9.17, 15) is 4.79 Å². The fraction of sp³-hybridized carbons (Fsp3) is 0.812. The Morgan fingerprint density at radius 1 is 1.10 bits per heavy atom. The van der Waals surface area contributed by atoms with Crippen LogP contribution in [-0.2, 0) is 12.0 Å². The molecule has 0 aliphatic heterocycles. The Labute approximate surface area is 127 Å². The van der Waals surface area contributed by atoms with Crippen LogP contribution in [0.4, 0.5) is 0 Å². The minimum absolute atomic E-state index is 0.00960. The van der Waals surface area contributed by atoms with Gasteiger partial charge in [0.15, 0.2) is 0 Å². The zero-order valence-electron chi connectivity index (χ0n) is 13.7. The maximum Gasteiger partial charge on any atom is 0.305 e. The van der Waals surface area contributed by atoms with Crippen LogP contribution in [-0.4, -0.2) is 23.0 Å². The molecule has 0 atom stereocenters. The van der Waals surface area contributed by atoms with Crippen molar-refractivity contribution in [2.24, 2.45) is 0 Å². The molecule has 116 valence electrons. The summed E-state index contributed by atoms with van der Waals surface area (Å²) in [5.74, 6) is 0. The van der Waals surface area contributed by atoms with Crippen LogP contribution in [0.2, 0.25) is 0 Å². The molecule has 0 aromatic carbocycles. The number of hydrogen-bond donors (Lipinski definition) is 1. The van der Waals surface area contributed by atoms with Crippen LogP contribution >= 0.6 is 11.3 Å². The molecule has 1 aromatic heterocycles. The van der Waals surface area contributed by atoms with Crippen molar-refractivity contribution >= 4 is 11.3 Å². The van der Waals surface area contributed by atoms with Gasteiger partial charge in [0.05, 0.1) is 0 Å². The molecule has 1 heterocycles. The molecule has 0 bridgehead atoms. The Morgan fingerprint density at radius 3 is 2.10 bits per heavy atom. The zero-order valence-corrected chi connectivity index (χ0v) is 14.5. The van der Waals surface area contributed by atoms with Crippen molar-refractivity contribution in [3.8, 4) is 0 Å². The van der Waals surface area contributed by atoms with Gasteiger partial charge in [0.1, 0.15) is 0 Å². The second kappa shape index (κ2) is 7.99. The standard InChI is InChI=1S/C16H30N2OS/c1-6-8-10-18(11-9-7-2)12-13-14(16(3,4)5)17-15(19)20-13/h6-12H2,1-5H3,(H,17,19). The number of thiazole rings is 1. The van der Waals surface area contributed by atoms with Gasteiger partial charge in [-0.3, -0.25) is 9.69 Å². The Balaban J connectivity index is 2.84. The average Bonchev–Trinajstić information content (AvgIpc) is 2.73. The van der Waals surface area contributed by atoms with Crippen molar-refractivity contribution in [1.82, 2.24) is 9.88 Å². The van der Waals surface area contributed by atoms with Crippen molar-refractivity contribution in [3.63, 3.8) is 0 Å². The maximum atomic E-state index is 11.7. The molecular formula is C16H30N2OS. The first kappa shape index (κ1) is 17.4. The molecule has 0 unspecified atom stereocenters. The quantitative estimate of drug-likeness (QED) is 0.783. The molecule has 0 aliphatic rings. The number of aromatic nitrogens is 1. The Hall–Kier alpha value is -0.610. The lowest BCUT2D eigenvalue weighted by molar-refractivity contribution is 0.257. The highest BCUT2D eigenvalue weighted by Gasteiger charge is 2.22. The van der Waals surface area contributed by atoms with Crippen molar-refractivity contribution in [2.75, 3.05) is 13.1 Å². The lowest BCUT2D eigenvalue weighted by Crippen LogP contribution is -2.27. The van der Waals surface area contributed by atoms with E-state index in [1.807, 2.05) is 0 Å². The van der Waals surface area contributed by atoms with Crippen molar-refractivity contribution in [2.45, 2.75) is 72.3 Å². The van der Waals surface area contributed by atoms with E-state index >= 15 is 0 Å². The average molecular weight is 298 g/mol. The van der Waals surface area contributed by atoms with Crippen LogP contribution in [0.5, 0.6) is 0 Å². The van der Waals surface area contributed by atoms with E-state index in [1.165, 1.54) is 41.9 Å². The summed E-state index contributed by atoms with van der Waals surface area (Å²) < 4.78 is 0. The normalized spacial score (nSPS) is 12.3. The molecular weight excluding hydrogens is 268 g/mol. The Bertz CT molecular complexity index is 434. The summed E-state index contributed by atoms with van der Waals surface area (Å²) in [5, 5.41) is 0. The SMILES string of the molecule is CCCCN(CCCC)Cc1sc(=O)[nH]c1C(C)(C)C. The Kier molecular flexibility index (Phi) is 6.96. The van der Waals surface area contributed by atoms with E-state index in [-0.39, 0.29) is 10.3 Å². The Morgan fingerprint density at radius 2 is 1.65 bits per heavy atom. The lowest BCUT2D eigenvalue weighted by Gasteiger charge is -2.24. The van der Waals surface area contributed by atoms with Gasteiger partial charge in [-0.15, -0.1) is 0 Å². The molecule has 1 aromatic rings. The van der Waals surface area contributed by atoms with Crippen LogP contribution in [0.1, 0.15) is 70.9 Å². The number of hydrogen-bond acceptors (Lipinski definition) is 3. The summed E-state index contributed by atoms with van der Waals surface area (Å²) in [4.78, 5) is 18.5. The summed E-state index contributed by atoms with van der Waals surface area (Å²) in [6.45, 7) is 14.1. The molecule has 4 heteroatoms. The van der Waals surface area contributed by atoms with Gasteiger partial charge in [0, 0.05) is 22.5 Å². The van der Waals surface area contributed by atoms with Gasteiger partial charge in [0.2, 0.25) is 0 Å². The molecule has 1 rings (SSSR count). The van der Waals surface area contributed by atoms with Crippen molar-refractivity contribution < 1.29 is 0 Å². The molecule has 3 nitrogen and oxygen atoms in total. The predicted octanol–water partition coefficient (Wildman–Crippen LogP) is 4.14. The molecule has 0 radical (unpaired) electrons. The van der Waals surface area contributed by atoms with Crippen LogP contribution in [0.25, 0.3) is 0 Å². The third-order valence-electron chi connectivity index (χ3n) is 3.49. The van der Waals surface area contributed by atoms with E-state index < -0.39 is 0 Å². The smallest absolute Gasteiger partial charge is 0.305 e. The second-order valence-corrected chi connectivity index (χ2v) is 7.61. The summed E-state index contributed by atoms with van der Waals surface area (Å²) in [5.41, 5.74) is 1.13.